The van der Waals surface area contributed by atoms with Crippen molar-refractivity contribution >= 4 is 57.4 Å². The maximum absolute atomic E-state index is 14.0. The summed E-state index contributed by atoms with van der Waals surface area (Å²) in [4.78, 5) is 53.4. The summed E-state index contributed by atoms with van der Waals surface area (Å²) in [6.45, 7) is 5.56. The number of hydrogen-bond donors (Lipinski definition) is 5. The summed E-state index contributed by atoms with van der Waals surface area (Å²) in [6, 6.07) is 1.69. The van der Waals surface area contributed by atoms with Crippen molar-refractivity contribution in [2.45, 2.75) is 31.1 Å². The van der Waals surface area contributed by atoms with Crippen LogP contribution in [-0.2, 0) is 23.9 Å². The number of carbonyl (C=O) groups is 4. The molecule has 196 valence electrons. The van der Waals surface area contributed by atoms with Gasteiger partial charge in [0.1, 0.15) is 28.9 Å². The number of likely N-dealkylation sites (N-methyl/N-ethyl adjacent to an activating group) is 1. The molecule has 1 fully saturated rings. The zero-order valence-electron chi connectivity index (χ0n) is 20.1. The van der Waals surface area contributed by atoms with Gasteiger partial charge in [-0.2, -0.15) is 0 Å². The largest absolute Gasteiger partial charge is 0.508 e. The van der Waals surface area contributed by atoms with Crippen LogP contribution in [0.1, 0.15) is 24.5 Å². The maximum atomic E-state index is 14.0. The summed E-state index contributed by atoms with van der Waals surface area (Å²) >= 11 is 1.82. The van der Waals surface area contributed by atoms with Gasteiger partial charge in [-0.05, 0) is 53.9 Å². The highest BCUT2D eigenvalue weighted by Gasteiger charge is 2.69. The van der Waals surface area contributed by atoms with Crippen LogP contribution < -0.4 is 5.73 Å². The first-order chi connectivity index (χ1) is 17.2. The molecule has 0 saturated heterocycles. The van der Waals surface area contributed by atoms with Crippen LogP contribution in [0.4, 0.5) is 0 Å². The summed E-state index contributed by atoms with van der Waals surface area (Å²) in [5, 5.41) is 44.9. The van der Waals surface area contributed by atoms with Crippen LogP contribution >= 0.6 is 22.6 Å². The van der Waals surface area contributed by atoms with E-state index in [1.165, 1.54) is 25.9 Å². The van der Waals surface area contributed by atoms with Crippen LogP contribution in [0.3, 0.4) is 0 Å². The number of halogens is 1. The standard InChI is InChI=1S/C25H25IN2O9/c1-5-11(29)37-21-12-8(2)9-6-7-10(26)18(30)13(9)19(31)14(12)22(33)25(36)16(21)17(28(3)4)20(32)15(23(25)34)24(27)35/h6-7,12,16-17,21,30-31,34,36H,2,5H2,1,3-4H3,(H2,27,35)/t12-,16-,17+,21+,25+/m1/s1. The van der Waals surface area contributed by atoms with E-state index in [1.54, 1.807) is 12.1 Å². The number of ketones is 2. The first-order valence-corrected chi connectivity index (χ1v) is 12.3. The molecule has 0 radical (unpaired) electrons. The van der Waals surface area contributed by atoms with Gasteiger partial charge in [0, 0.05) is 6.42 Å². The van der Waals surface area contributed by atoms with E-state index in [1.807, 2.05) is 22.6 Å². The molecule has 1 aromatic rings. The molecular weight excluding hydrogens is 599 g/mol. The normalized spacial score (nSPS) is 29.2. The number of hydrogen-bond acceptors (Lipinski definition) is 10. The van der Waals surface area contributed by atoms with E-state index >= 15 is 0 Å². The predicted molar refractivity (Wildman–Crippen MR) is 138 cm³/mol. The quantitative estimate of drug-likeness (QED) is 0.184. The highest BCUT2D eigenvalue weighted by molar-refractivity contribution is 14.1. The number of primary amides is 1. The molecule has 3 aliphatic rings. The first-order valence-electron chi connectivity index (χ1n) is 11.3. The van der Waals surface area contributed by atoms with Crippen molar-refractivity contribution in [3.8, 4) is 5.75 Å². The Bertz CT molecular complexity index is 1360. The summed E-state index contributed by atoms with van der Waals surface area (Å²) in [7, 11) is 2.89. The number of nitrogens with zero attached hydrogens (tertiary/aromatic N) is 1. The Morgan fingerprint density at radius 3 is 2.38 bits per heavy atom. The van der Waals surface area contributed by atoms with Crippen LogP contribution in [0.15, 0.2) is 35.6 Å². The van der Waals surface area contributed by atoms with Crippen molar-refractivity contribution in [1.29, 1.82) is 0 Å². The van der Waals surface area contributed by atoms with Crippen molar-refractivity contribution in [3.63, 3.8) is 0 Å². The summed E-state index contributed by atoms with van der Waals surface area (Å²) in [5.41, 5.74) is 1.19. The SMILES string of the molecule is C=C1c2ccc(I)c(O)c2C(O)=C2C(=O)[C@]3(O)C(O)=C(C(N)=O)C(=O)[C@@H](N(C)C)[C@@H]3[C@@H](OC(=O)CC)[C@H]12. The molecule has 5 atom stereocenters. The van der Waals surface area contributed by atoms with Gasteiger partial charge in [0.25, 0.3) is 5.91 Å². The predicted octanol–water partition coefficient (Wildman–Crippen LogP) is 0.971. The van der Waals surface area contributed by atoms with Crippen molar-refractivity contribution in [3.05, 3.63) is 50.3 Å². The molecule has 1 amide bonds. The number of nitrogens with two attached hydrogens (primary N) is 1. The third-order valence-corrected chi connectivity index (χ3v) is 8.09. The Hall–Kier alpha value is -3.23. The number of amides is 1. The summed E-state index contributed by atoms with van der Waals surface area (Å²) in [5.74, 6) is -9.57. The topological polar surface area (TPSA) is 188 Å². The second-order valence-corrected chi connectivity index (χ2v) is 10.5. The Morgan fingerprint density at radius 1 is 1.22 bits per heavy atom. The van der Waals surface area contributed by atoms with Gasteiger partial charge < -0.3 is 30.9 Å². The van der Waals surface area contributed by atoms with Gasteiger partial charge in [-0.1, -0.05) is 19.6 Å². The molecule has 1 saturated carbocycles. The Kier molecular flexibility index (Phi) is 6.49. The van der Waals surface area contributed by atoms with E-state index < -0.39 is 75.7 Å². The van der Waals surface area contributed by atoms with E-state index in [-0.39, 0.29) is 28.9 Å². The molecule has 12 heteroatoms. The van der Waals surface area contributed by atoms with Crippen molar-refractivity contribution in [1.82, 2.24) is 4.90 Å². The van der Waals surface area contributed by atoms with Gasteiger partial charge in [0.2, 0.25) is 5.78 Å². The van der Waals surface area contributed by atoms with Crippen LogP contribution in [0.5, 0.6) is 5.75 Å². The van der Waals surface area contributed by atoms with Crippen LogP contribution in [-0.4, -0.2) is 80.6 Å². The number of rotatable bonds is 4. The maximum Gasteiger partial charge on any atom is 0.305 e. The fraction of sp³-hybridized carbons (Fsp3) is 0.360. The average Bonchev–Trinajstić information content (AvgIpc) is 2.82. The average molecular weight is 624 g/mol. The number of phenols is 1. The van der Waals surface area contributed by atoms with Crippen LogP contribution in [0, 0.1) is 15.4 Å². The number of ether oxygens (including phenoxy) is 1. The number of esters is 1. The number of aliphatic hydroxyl groups excluding tert-OH is 2. The fourth-order valence-corrected chi connectivity index (χ4v) is 6.02. The molecule has 6 N–H and O–H groups in total. The molecule has 0 bridgehead atoms. The van der Waals surface area contributed by atoms with Gasteiger partial charge in [-0.15, -0.1) is 0 Å². The van der Waals surface area contributed by atoms with Gasteiger partial charge >= 0.3 is 5.97 Å². The zero-order chi connectivity index (χ0) is 27.7. The molecule has 0 unspecified atom stereocenters. The Balaban J connectivity index is 2.13. The van der Waals surface area contributed by atoms with E-state index in [0.29, 0.717) is 3.57 Å². The molecule has 3 aliphatic carbocycles. The van der Waals surface area contributed by atoms with Gasteiger partial charge in [0.05, 0.1) is 32.6 Å². The third-order valence-electron chi connectivity index (χ3n) is 7.22. The molecule has 0 aromatic heterocycles. The molecule has 0 aliphatic heterocycles. The second kappa shape index (κ2) is 8.96. The summed E-state index contributed by atoms with van der Waals surface area (Å²) in [6.07, 6.45) is -1.60. The number of fused-ring (bicyclic) bond motifs is 3. The van der Waals surface area contributed by atoms with E-state index in [0.717, 1.165) is 0 Å². The Morgan fingerprint density at radius 2 is 1.84 bits per heavy atom. The minimum Gasteiger partial charge on any atom is -0.508 e. The number of carbonyl (C=O) groups excluding carboxylic acids is 4. The highest BCUT2D eigenvalue weighted by Crippen LogP contribution is 2.56. The fourth-order valence-electron chi connectivity index (χ4n) is 5.57. The Labute approximate surface area is 225 Å². The molecular formula is C25H25IN2O9. The molecule has 37 heavy (non-hydrogen) atoms. The second-order valence-electron chi connectivity index (χ2n) is 9.37. The highest BCUT2D eigenvalue weighted by atomic mass is 127. The molecule has 11 nitrogen and oxygen atoms in total. The van der Waals surface area contributed by atoms with Crippen molar-refractivity contribution in [2.24, 2.45) is 17.6 Å². The van der Waals surface area contributed by atoms with Crippen molar-refractivity contribution in [2.75, 3.05) is 14.1 Å². The first kappa shape index (κ1) is 26.8. The van der Waals surface area contributed by atoms with Gasteiger partial charge in [-0.25, -0.2) is 0 Å². The number of benzene rings is 1. The lowest BCUT2D eigenvalue weighted by atomic mass is 9.55. The molecule has 4 rings (SSSR count). The number of aliphatic hydroxyl groups is 3. The third kappa shape index (κ3) is 3.53. The lowest BCUT2D eigenvalue weighted by molar-refractivity contribution is -0.181. The van der Waals surface area contributed by atoms with E-state index in [4.69, 9.17) is 10.5 Å². The number of aromatic hydroxyl groups is 1. The van der Waals surface area contributed by atoms with Gasteiger partial charge in [0.15, 0.2) is 11.4 Å². The molecule has 0 spiro atoms. The number of phenolic OH excluding ortho intramolecular Hbond substituents is 1. The monoisotopic (exact) mass is 624 g/mol. The molecule has 1 aromatic carbocycles. The van der Waals surface area contributed by atoms with Crippen LogP contribution in [0.25, 0.3) is 11.3 Å². The smallest absolute Gasteiger partial charge is 0.305 e. The minimum atomic E-state index is -2.99. The van der Waals surface area contributed by atoms with E-state index in [2.05, 4.69) is 6.58 Å². The van der Waals surface area contributed by atoms with Crippen molar-refractivity contribution < 1.29 is 44.3 Å². The van der Waals surface area contributed by atoms with Gasteiger partial charge in [-0.3, -0.25) is 24.1 Å². The lowest BCUT2D eigenvalue weighted by Crippen LogP contribution is -2.70. The number of Topliss-reactive ketones (excluding diaryl/α,β-unsaturated/α-hetero) is 2. The van der Waals surface area contributed by atoms with Crippen LogP contribution in [0.2, 0.25) is 0 Å². The summed E-state index contributed by atoms with van der Waals surface area (Å²) < 4.78 is 6.05. The van der Waals surface area contributed by atoms with E-state index in [9.17, 15) is 39.6 Å². The zero-order valence-corrected chi connectivity index (χ0v) is 22.3. The minimum absolute atomic E-state index is 0.107. The molecule has 0 heterocycles. The lowest BCUT2D eigenvalue weighted by Gasteiger charge is -2.53.